The summed E-state index contributed by atoms with van der Waals surface area (Å²) in [5, 5.41) is 21.0. The quantitative estimate of drug-likeness (QED) is 0.323. The highest BCUT2D eigenvalue weighted by Crippen LogP contribution is 2.36. The predicted molar refractivity (Wildman–Crippen MR) is 120 cm³/mol. The molecule has 1 aromatic heterocycles. The van der Waals surface area contributed by atoms with Gasteiger partial charge in [0.1, 0.15) is 29.8 Å². The van der Waals surface area contributed by atoms with Gasteiger partial charge in [0.2, 0.25) is 0 Å². The van der Waals surface area contributed by atoms with Gasteiger partial charge in [0.15, 0.2) is 0 Å². The third-order valence-electron chi connectivity index (χ3n) is 4.99. The lowest BCUT2D eigenvalue weighted by Gasteiger charge is -2.11. The van der Waals surface area contributed by atoms with Gasteiger partial charge < -0.3 is 25.3 Å². The summed E-state index contributed by atoms with van der Waals surface area (Å²) in [4.78, 5) is 20.1. The Morgan fingerprint density at radius 3 is 2.62 bits per heavy atom. The van der Waals surface area contributed by atoms with Gasteiger partial charge in [-0.25, -0.2) is 4.98 Å². The van der Waals surface area contributed by atoms with E-state index in [0.717, 1.165) is 6.07 Å². The molecule has 4 N–H and O–H groups in total. The van der Waals surface area contributed by atoms with Crippen LogP contribution in [0.4, 0.5) is 18.9 Å². The number of imidazole rings is 1. The molecule has 4 aromatic rings. The van der Waals surface area contributed by atoms with E-state index in [1.54, 1.807) is 30.3 Å². The highest BCUT2D eigenvalue weighted by Gasteiger charge is 2.34. The molecule has 0 unspecified atom stereocenters. The number of nitrogens with zero attached hydrogens (tertiary/aromatic N) is 1. The Labute approximate surface area is 191 Å². The van der Waals surface area contributed by atoms with Gasteiger partial charge in [0.05, 0.1) is 23.3 Å². The minimum Gasteiger partial charge on any atom is -0.491 e. The number of H-pyrrole nitrogens is 1. The average Bonchev–Trinajstić information content (AvgIpc) is 3.26. The Kier molecular flexibility index (Phi) is 6.53. The number of carbonyl (C=O) groups excluding carboxylic acids is 1. The van der Waals surface area contributed by atoms with Gasteiger partial charge in [-0.1, -0.05) is 30.3 Å². The fourth-order valence-electron chi connectivity index (χ4n) is 3.39. The maximum atomic E-state index is 13.4. The summed E-state index contributed by atoms with van der Waals surface area (Å²) in [6, 6.07) is 16.3. The molecule has 3 aromatic carbocycles. The van der Waals surface area contributed by atoms with Crippen molar-refractivity contribution >= 4 is 22.6 Å². The number of hydrogen-bond donors (Lipinski definition) is 4. The zero-order valence-corrected chi connectivity index (χ0v) is 17.6. The van der Waals surface area contributed by atoms with Crippen LogP contribution in [0.2, 0.25) is 0 Å². The highest BCUT2D eigenvalue weighted by atomic mass is 19.4. The first-order chi connectivity index (χ1) is 16.3. The van der Waals surface area contributed by atoms with Crippen molar-refractivity contribution in [2.75, 3.05) is 18.5 Å². The minimum atomic E-state index is -4.56. The number of anilines is 1. The van der Waals surface area contributed by atoms with E-state index >= 15 is 0 Å². The second kappa shape index (κ2) is 9.54. The van der Waals surface area contributed by atoms with Gasteiger partial charge in [-0.05, 0) is 30.3 Å². The van der Waals surface area contributed by atoms with Crippen LogP contribution in [-0.4, -0.2) is 45.4 Å². The van der Waals surface area contributed by atoms with E-state index in [1.165, 1.54) is 30.3 Å². The minimum absolute atomic E-state index is 0.000938. The lowest BCUT2D eigenvalue weighted by molar-refractivity contribution is -0.137. The standard InChI is InChI=1S/C24H20F3N3O4/c25-24(26,27)19-9-2-1-7-17(19)22-29-20-10-4-8-18(21(20)30-22)23(33)28-14-5-3-6-16(11-14)34-13-15(32)12-31/h1-11,15,31-32H,12-13H2,(H,28,33)(H,29,30)/t15-/m0/s1. The number of para-hydroxylation sites is 1. The Hall–Kier alpha value is -3.89. The zero-order chi connectivity index (χ0) is 24.3. The molecule has 34 heavy (non-hydrogen) atoms. The van der Waals surface area contributed by atoms with Crippen LogP contribution in [0.25, 0.3) is 22.4 Å². The number of aromatic nitrogens is 2. The van der Waals surface area contributed by atoms with E-state index in [-0.39, 0.29) is 29.1 Å². The molecule has 0 spiro atoms. The molecule has 0 aliphatic carbocycles. The van der Waals surface area contributed by atoms with Crippen LogP contribution < -0.4 is 10.1 Å². The van der Waals surface area contributed by atoms with Crippen molar-refractivity contribution in [1.29, 1.82) is 0 Å². The number of benzene rings is 3. The molecule has 0 aliphatic heterocycles. The number of hydrogen-bond acceptors (Lipinski definition) is 5. The van der Waals surface area contributed by atoms with Crippen LogP contribution >= 0.6 is 0 Å². The summed E-state index contributed by atoms with van der Waals surface area (Å²) in [6.07, 6.45) is -5.59. The van der Waals surface area contributed by atoms with Gasteiger partial charge in [0.25, 0.3) is 5.91 Å². The van der Waals surface area contributed by atoms with Gasteiger partial charge in [-0.15, -0.1) is 0 Å². The van der Waals surface area contributed by atoms with Crippen molar-refractivity contribution < 1.29 is 32.9 Å². The number of aromatic amines is 1. The summed E-state index contributed by atoms with van der Waals surface area (Å²) in [5.41, 5.74) is 0.262. The third kappa shape index (κ3) is 5.03. The molecule has 0 saturated carbocycles. The van der Waals surface area contributed by atoms with E-state index in [1.807, 2.05) is 0 Å². The van der Waals surface area contributed by atoms with Crippen LogP contribution in [0, 0.1) is 0 Å². The summed E-state index contributed by atoms with van der Waals surface area (Å²) in [6.45, 7) is -0.567. The Bertz CT molecular complexity index is 1320. The van der Waals surface area contributed by atoms with E-state index in [9.17, 15) is 23.1 Å². The second-order valence-electron chi connectivity index (χ2n) is 7.46. The van der Waals surface area contributed by atoms with Crippen LogP contribution in [0.15, 0.2) is 66.7 Å². The molecule has 1 atom stereocenters. The largest absolute Gasteiger partial charge is 0.491 e. The Morgan fingerprint density at radius 2 is 1.85 bits per heavy atom. The number of nitrogens with one attached hydrogen (secondary N) is 2. The number of aliphatic hydroxyl groups excluding tert-OH is 2. The normalized spacial score (nSPS) is 12.5. The van der Waals surface area contributed by atoms with E-state index in [2.05, 4.69) is 15.3 Å². The van der Waals surface area contributed by atoms with Gasteiger partial charge >= 0.3 is 6.18 Å². The number of rotatable bonds is 7. The fourth-order valence-corrected chi connectivity index (χ4v) is 3.39. The van der Waals surface area contributed by atoms with Crippen molar-refractivity contribution in [1.82, 2.24) is 9.97 Å². The molecule has 0 aliphatic rings. The molecule has 176 valence electrons. The lowest BCUT2D eigenvalue weighted by atomic mass is 10.1. The fraction of sp³-hybridized carbons (Fsp3) is 0.167. The molecular formula is C24H20F3N3O4. The zero-order valence-electron chi connectivity index (χ0n) is 17.6. The van der Waals surface area contributed by atoms with Crippen molar-refractivity contribution in [3.63, 3.8) is 0 Å². The van der Waals surface area contributed by atoms with E-state index < -0.39 is 30.4 Å². The Morgan fingerprint density at radius 1 is 1.09 bits per heavy atom. The predicted octanol–water partition coefficient (Wildman–Crippen LogP) is 4.23. The number of ether oxygens (including phenoxy) is 1. The van der Waals surface area contributed by atoms with E-state index in [0.29, 0.717) is 17.0 Å². The second-order valence-corrected chi connectivity index (χ2v) is 7.46. The van der Waals surface area contributed by atoms with Gasteiger partial charge in [-0.3, -0.25) is 4.79 Å². The summed E-state index contributed by atoms with van der Waals surface area (Å²) >= 11 is 0. The summed E-state index contributed by atoms with van der Waals surface area (Å²) in [5.74, 6) is -0.143. The number of amides is 1. The first-order valence-corrected chi connectivity index (χ1v) is 10.2. The summed E-state index contributed by atoms with van der Waals surface area (Å²) < 4.78 is 45.7. The molecule has 0 bridgehead atoms. The smallest absolute Gasteiger partial charge is 0.417 e. The topological polar surface area (TPSA) is 107 Å². The van der Waals surface area contributed by atoms with Crippen molar-refractivity contribution in [2.24, 2.45) is 0 Å². The highest BCUT2D eigenvalue weighted by molar-refractivity contribution is 6.11. The number of carbonyl (C=O) groups is 1. The van der Waals surface area contributed by atoms with Gasteiger partial charge in [0, 0.05) is 17.3 Å². The van der Waals surface area contributed by atoms with Gasteiger partial charge in [-0.2, -0.15) is 13.2 Å². The SMILES string of the molecule is O=C(Nc1cccc(OC[C@@H](O)CO)c1)c1cccc2[nH]c(-c3ccccc3C(F)(F)F)nc12. The van der Waals surface area contributed by atoms with Crippen LogP contribution in [0.5, 0.6) is 5.75 Å². The summed E-state index contributed by atoms with van der Waals surface area (Å²) in [7, 11) is 0. The number of aliphatic hydroxyl groups is 2. The first-order valence-electron chi connectivity index (χ1n) is 10.2. The molecule has 0 fully saturated rings. The lowest BCUT2D eigenvalue weighted by Crippen LogP contribution is -2.21. The molecule has 0 saturated heterocycles. The molecule has 4 rings (SSSR count). The molecule has 1 heterocycles. The average molecular weight is 471 g/mol. The number of halogens is 3. The van der Waals surface area contributed by atoms with Crippen LogP contribution in [-0.2, 0) is 6.18 Å². The number of alkyl halides is 3. The van der Waals surface area contributed by atoms with Crippen LogP contribution in [0.1, 0.15) is 15.9 Å². The van der Waals surface area contributed by atoms with Crippen molar-refractivity contribution in [3.05, 3.63) is 77.9 Å². The maximum absolute atomic E-state index is 13.4. The van der Waals surface area contributed by atoms with Crippen LogP contribution in [0.3, 0.4) is 0 Å². The van der Waals surface area contributed by atoms with Crippen molar-refractivity contribution in [3.8, 4) is 17.1 Å². The third-order valence-corrected chi connectivity index (χ3v) is 4.99. The molecule has 1 amide bonds. The molecule has 0 radical (unpaired) electrons. The maximum Gasteiger partial charge on any atom is 0.417 e. The monoisotopic (exact) mass is 471 g/mol. The first kappa shape index (κ1) is 23.3. The van der Waals surface area contributed by atoms with E-state index in [4.69, 9.17) is 9.84 Å². The molecule has 10 heteroatoms. The Balaban J connectivity index is 1.62. The molecule has 7 nitrogen and oxygen atoms in total. The molecular weight excluding hydrogens is 451 g/mol. The number of fused-ring (bicyclic) bond motifs is 1. The van der Waals surface area contributed by atoms with Crippen molar-refractivity contribution in [2.45, 2.75) is 12.3 Å².